The molecule has 2 unspecified atom stereocenters. The van der Waals surface area contributed by atoms with Crippen LogP contribution in [0.2, 0.25) is 0 Å². The molecule has 0 radical (unpaired) electrons. The van der Waals surface area contributed by atoms with Crippen molar-refractivity contribution in [3.05, 3.63) is 35.4 Å². The summed E-state index contributed by atoms with van der Waals surface area (Å²) in [5.74, 6) is 1.04. The summed E-state index contributed by atoms with van der Waals surface area (Å²) >= 11 is 0. The van der Waals surface area contributed by atoms with Crippen LogP contribution in [0.15, 0.2) is 29.8 Å². The Kier molecular flexibility index (Phi) is 7.99. The molecule has 0 heterocycles. The van der Waals surface area contributed by atoms with Gasteiger partial charge in [-0.05, 0) is 56.5 Å². The summed E-state index contributed by atoms with van der Waals surface area (Å²) in [5, 5.41) is 7.41. The Morgan fingerprint density at radius 3 is 2.54 bits per heavy atom. The summed E-state index contributed by atoms with van der Waals surface area (Å²) in [4.78, 5) is 2.31. The van der Waals surface area contributed by atoms with Crippen molar-refractivity contribution in [3.63, 3.8) is 0 Å². The van der Waals surface area contributed by atoms with Gasteiger partial charge >= 0.3 is 0 Å². The number of hydrogen-bond acceptors (Lipinski definition) is 4. The molecule has 3 N–H and O–H groups in total. The predicted octanol–water partition coefficient (Wildman–Crippen LogP) is 4.35. The second kappa shape index (κ2) is 9.48. The van der Waals surface area contributed by atoms with E-state index in [1.165, 1.54) is 17.5 Å². The molecule has 1 aromatic rings. The van der Waals surface area contributed by atoms with Crippen molar-refractivity contribution in [1.29, 1.82) is 5.41 Å². The molecule has 0 aliphatic carbocycles. The fourth-order valence-electron chi connectivity index (χ4n) is 2.58. The standard InChI is InChI=1S/C20H33N3O/c1-7-17(5)23(6)20-9-8-18(24-13-16(4)22)11-19(20)15(3)10-14(2)12-21/h8-12,15-17,21H,7,13,22H2,1-6H3/b14-10+,21-12?/t15?,16-,17?/m0/s1. The Labute approximate surface area is 147 Å². The monoisotopic (exact) mass is 331 g/mol. The van der Waals surface area contributed by atoms with Crippen LogP contribution in [0.5, 0.6) is 5.75 Å². The van der Waals surface area contributed by atoms with E-state index >= 15 is 0 Å². The van der Waals surface area contributed by atoms with Gasteiger partial charge < -0.3 is 20.8 Å². The molecule has 0 saturated heterocycles. The summed E-state index contributed by atoms with van der Waals surface area (Å²) in [6.07, 6.45) is 4.60. The van der Waals surface area contributed by atoms with Crippen LogP contribution >= 0.6 is 0 Å². The molecule has 0 fully saturated rings. The maximum absolute atomic E-state index is 7.41. The second-order valence-corrected chi connectivity index (χ2v) is 6.72. The number of rotatable bonds is 9. The highest BCUT2D eigenvalue weighted by molar-refractivity contribution is 5.75. The molecule has 4 heteroatoms. The molecule has 1 aromatic carbocycles. The van der Waals surface area contributed by atoms with Crippen LogP contribution < -0.4 is 15.4 Å². The van der Waals surface area contributed by atoms with Crippen LogP contribution in [0.3, 0.4) is 0 Å². The zero-order chi connectivity index (χ0) is 18.3. The first kappa shape index (κ1) is 20.2. The molecule has 0 saturated carbocycles. The number of ether oxygens (including phenoxy) is 1. The molecule has 0 amide bonds. The highest BCUT2D eigenvalue weighted by Gasteiger charge is 2.17. The van der Waals surface area contributed by atoms with Crippen LogP contribution in [0.1, 0.15) is 52.5 Å². The van der Waals surface area contributed by atoms with E-state index in [0.717, 1.165) is 17.7 Å². The lowest BCUT2D eigenvalue weighted by Gasteiger charge is -2.30. The summed E-state index contributed by atoms with van der Waals surface area (Å²) in [5.41, 5.74) is 9.17. The van der Waals surface area contributed by atoms with Gasteiger partial charge in [-0.2, -0.15) is 0 Å². The van der Waals surface area contributed by atoms with Gasteiger partial charge in [-0.25, -0.2) is 0 Å². The summed E-state index contributed by atoms with van der Waals surface area (Å²) in [7, 11) is 2.13. The van der Waals surface area contributed by atoms with E-state index < -0.39 is 0 Å². The minimum atomic E-state index is 0.00777. The number of allylic oxidation sites excluding steroid dienone is 2. The lowest BCUT2D eigenvalue weighted by atomic mass is 9.95. The Hall–Kier alpha value is -1.81. The van der Waals surface area contributed by atoms with Crippen molar-refractivity contribution in [2.24, 2.45) is 5.73 Å². The summed E-state index contributed by atoms with van der Waals surface area (Å²) in [6, 6.07) is 6.71. The fourth-order valence-corrected chi connectivity index (χ4v) is 2.58. The van der Waals surface area contributed by atoms with Gasteiger partial charge in [0.2, 0.25) is 0 Å². The largest absolute Gasteiger partial charge is 0.492 e. The first-order valence-electron chi connectivity index (χ1n) is 8.74. The topological polar surface area (TPSA) is 62.3 Å². The smallest absolute Gasteiger partial charge is 0.119 e. The minimum Gasteiger partial charge on any atom is -0.492 e. The van der Waals surface area contributed by atoms with Crippen molar-refractivity contribution < 1.29 is 4.74 Å². The molecule has 0 aliphatic heterocycles. The molecular weight excluding hydrogens is 298 g/mol. The molecular formula is C20H33N3O. The van der Waals surface area contributed by atoms with E-state index in [0.29, 0.717) is 12.6 Å². The Bertz CT molecular complexity index is 566. The molecule has 0 spiro atoms. The van der Waals surface area contributed by atoms with E-state index in [2.05, 4.69) is 50.9 Å². The molecule has 0 aromatic heterocycles. The second-order valence-electron chi connectivity index (χ2n) is 6.72. The van der Waals surface area contributed by atoms with Gasteiger partial charge in [-0.15, -0.1) is 0 Å². The van der Waals surface area contributed by atoms with E-state index in [1.807, 2.05) is 19.9 Å². The molecule has 4 nitrogen and oxygen atoms in total. The quantitative estimate of drug-likeness (QED) is 0.661. The summed E-state index contributed by atoms with van der Waals surface area (Å²) < 4.78 is 5.80. The van der Waals surface area contributed by atoms with Crippen molar-refractivity contribution in [3.8, 4) is 5.75 Å². The zero-order valence-corrected chi connectivity index (χ0v) is 16.0. The SMILES string of the molecule is CCC(C)N(C)c1ccc(OC[C@H](C)N)cc1C(C)/C=C(\C)C=N. The molecule has 24 heavy (non-hydrogen) atoms. The third-order valence-electron chi connectivity index (χ3n) is 4.37. The molecule has 1 rings (SSSR count). The lowest BCUT2D eigenvalue weighted by molar-refractivity contribution is 0.296. The number of nitrogens with two attached hydrogens (primary N) is 1. The van der Waals surface area contributed by atoms with Gasteiger partial charge in [-0.3, -0.25) is 0 Å². The Morgan fingerprint density at radius 2 is 2.00 bits per heavy atom. The predicted molar refractivity (Wildman–Crippen MR) is 105 cm³/mol. The highest BCUT2D eigenvalue weighted by atomic mass is 16.5. The molecule has 134 valence electrons. The number of nitrogens with one attached hydrogen (secondary N) is 1. The third kappa shape index (κ3) is 5.68. The van der Waals surface area contributed by atoms with Gasteiger partial charge in [0.25, 0.3) is 0 Å². The molecule has 3 atom stereocenters. The Morgan fingerprint density at radius 1 is 1.33 bits per heavy atom. The van der Waals surface area contributed by atoms with Gasteiger partial charge in [0.1, 0.15) is 12.4 Å². The van der Waals surface area contributed by atoms with Crippen molar-refractivity contribution >= 4 is 11.9 Å². The number of hydrogen-bond donors (Lipinski definition) is 2. The van der Waals surface area contributed by atoms with E-state index in [1.54, 1.807) is 0 Å². The lowest BCUT2D eigenvalue weighted by Crippen LogP contribution is -2.29. The zero-order valence-electron chi connectivity index (χ0n) is 16.0. The number of anilines is 1. The van der Waals surface area contributed by atoms with E-state index in [4.69, 9.17) is 15.9 Å². The first-order chi connectivity index (χ1) is 11.3. The first-order valence-corrected chi connectivity index (χ1v) is 8.74. The van der Waals surface area contributed by atoms with E-state index in [9.17, 15) is 0 Å². The van der Waals surface area contributed by atoms with Gasteiger partial charge in [0.05, 0.1) is 0 Å². The Balaban J connectivity index is 3.24. The van der Waals surface area contributed by atoms with Gasteiger partial charge in [0, 0.05) is 37.0 Å². The molecule has 0 bridgehead atoms. The van der Waals surface area contributed by atoms with E-state index in [-0.39, 0.29) is 12.0 Å². The molecule has 0 aliphatic rings. The van der Waals surface area contributed by atoms with Gasteiger partial charge in [-0.1, -0.05) is 19.9 Å². The average Bonchev–Trinajstić information content (AvgIpc) is 2.57. The normalized spacial score (nSPS) is 15.5. The average molecular weight is 332 g/mol. The minimum absolute atomic E-state index is 0.00777. The maximum atomic E-state index is 7.41. The van der Waals surface area contributed by atoms with Gasteiger partial charge in [0.15, 0.2) is 0 Å². The van der Waals surface area contributed by atoms with Crippen molar-refractivity contribution in [2.45, 2.75) is 59.0 Å². The third-order valence-corrected chi connectivity index (χ3v) is 4.37. The van der Waals surface area contributed by atoms with Crippen LogP contribution in [-0.4, -0.2) is 32.0 Å². The number of nitrogens with zero attached hydrogens (tertiary/aromatic N) is 1. The van der Waals surface area contributed by atoms with Crippen LogP contribution in [0.4, 0.5) is 5.69 Å². The van der Waals surface area contributed by atoms with Crippen LogP contribution in [0, 0.1) is 5.41 Å². The van der Waals surface area contributed by atoms with Crippen LogP contribution in [0.25, 0.3) is 0 Å². The highest BCUT2D eigenvalue weighted by Crippen LogP contribution is 2.33. The van der Waals surface area contributed by atoms with Crippen molar-refractivity contribution in [1.82, 2.24) is 0 Å². The number of benzene rings is 1. The van der Waals surface area contributed by atoms with Crippen molar-refractivity contribution in [2.75, 3.05) is 18.6 Å². The summed E-state index contributed by atoms with van der Waals surface area (Å²) in [6.45, 7) is 11.0. The fraction of sp³-hybridized carbons (Fsp3) is 0.550. The maximum Gasteiger partial charge on any atom is 0.119 e. The van der Waals surface area contributed by atoms with Crippen LogP contribution in [-0.2, 0) is 0 Å².